The van der Waals surface area contributed by atoms with Gasteiger partial charge in [-0.15, -0.1) is 34.0 Å². The number of nitrogens with zero attached hydrogens (tertiary/aromatic N) is 6. The van der Waals surface area contributed by atoms with Crippen LogP contribution in [0, 0.1) is 38.3 Å². The van der Waals surface area contributed by atoms with Crippen LogP contribution >= 0.6 is 34.0 Å². The third kappa shape index (κ3) is 15.3. The number of fused-ring (bicyclic) bond motifs is 3. The second kappa shape index (κ2) is 29.0. The number of amides is 3. The zero-order valence-corrected chi connectivity index (χ0v) is 53.7. The van der Waals surface area contributed by atoms with Crippen molar-refractivity contribution in [3.05, 3.63) is 151 Å². The van der Waals surface area contributed by atoms with Crippen LogP contribution in [0.25, 0.3) is 30.6 Å². The fourth-order valence-corrected chi connectivity index (χ4v) is 14.6. The molecule has 468 valence electrons. The number of anilines is 7. The summed E-state index contributed by atoms with van der Waals surface area (Å²) in [5.74, 6) is -0.966. The Morgan fingerprint density at radius 2 is 1.04 bits per heavy atom. The van der Waals surface area contributed by atoms with Gasteiger partial charge >= 0.3 is 0 Å². The molecule has 89 heavy (non-hydrogen) atoms. The maximum atomic E-state index is 14.5. The maximum absolute atomic E-state index is 14.5. The predicted molar refractivity (Wildman–Crippen MR) is 364 cm³/mol. The van der Waals surface area contributed by atoms with Crippen LogP contribution in [0.4, 0.5) is 48.6 Å². The molecule has 17 nitrogen and oxygen atoms in total. The zero-order chi connectivity index (χ0) is 62.9. The highest BCUT2D eigenvalue weighted by molar-refractivity contribution is 7.22. The van der Waals surface area contributed by atoms with Crippen molar-refractivity contribution in [2.75, 3.05) is 103 Å². The second-order valence-corrected chi connectivity index (χ2v) is 26.1. The third-order valence-corrected chi connectivity index (χ3v) is 20.1. The molecule has 3 amide bonds. The average Bonchev–Trinajstić information content (AvgIpc) is 2.24. The molecular formula is C67H80F2N14O3S3. The summed E-state index contributed by atoms with van der Waals surface area (Å²) >= 11 is 3.89. The summed E-state index contributed by atoms with van der Waals surface area (Å²) < 4.78 is 29.0. The standard InChI is InChI=1S/C23H29N5OS.C22H24F2N4OS.C22H27N5OS/c1-3-25-17-11-13-28(14-17)18-7-5-16(6-8-18)10-12-26-22(29)21-20(24)19-9-4-15(2)27-23(19)30-21;1-3-13-10-28(11-13)18-9-16(23)14(8-17(18)24)6-7-26-21(29)20-19(25)15-5-4-12(2)27-22(15)30-20;1-14-18(23)13-17-19(24)20(29-22(17)26-14)21(28)25-10-9-15-5-7-16(8-6-15)27-11-3-2-4-12-27/h4-9,17,25H,3,10-14,24H2,1-2H3,(H,26,29);4-5,8-9,13H,3,6-7,10-11,25H2,1-2H3,(H,26,29);5-8,13H,2-4,9-12,23-24H2,1H3,(H,25,28)/t17-;;/m1../s1. The number of nitrogen functional groups attached to an aromatic ring is 4. The number of aromatic nitrogens is 3. The van der Waals surface area contributed by atoms with Crippen molar-refractivity contribution in [3.63, 3.8) is 0 Å². The third-order valence-electron chi connectivity index (χ3n) is 16.7. The summed E-state index contributed by atoms with van der Waals surface area (Å²) in [4.78, 5) is 61.5. The number of benzene rings is 3. The van der Waals surface area contributed by atoms with E-state index in [-0.39, 0.29) is 36.3 Å². The van der Waals surface area contributed by atoms with Gasteiger partial charge in [-0.2, -0.15) is 0 Å². The van der Waals surface area contributed by atoms with Gasteiger partial charge in [0.15, 0.2) is 0 Å². The molecule has 0 spiro atoms. The van der Waals surface area contributed by atoms with Crippen molar-refractivity contribution in [3.8, 4) is 0 Å². The topological polar surface area (TPSA) is 252 Å². The van der Waals surface area contributed by atoms with Gasteiger partial charge in [-0.3, -0.25) is 14.4 Å². The summed E-state index contributed by atoms with van der Waals surface area (Å²) in [7, 11) is 0. The highest BCUT2D eigenvalue weighted by atomic mass is 32.1. The van der Waals surface area contributed by atoms with Gasteiger partial charge in [-0.05, 0) is 162 Å². The number of thiophene rings is 3. The van der Waals surface area contributed by atoms with Crippen LogP contribution in [0.1, 0.15) is 109 Å². The number of hydrogen-bond acceptors (Lipinski definition) is 17. The number of carbonyl (C=O) groups excluding carboxylic acids is 3. The number of nitrogens with one attached hydrogen (secondary N) is 4. The number of hydrogen-bond donors (Lipinski definition) is 8. The van der Waals surface area contributed by atoms with Crippen LogP contribution < -0.4 is 58.9 Å². The van der Waals surface area contributed by atoms with Crippen LogP contribution in [0.15, 0.2) is 91.0 Å². The second-order valence-electron chi connectivity index (χ2n) is 23.1. The Balaban J connectivity index is 0.000000147. The Bertz CT molecular complexity index is 3970. The first kappa shape index (κ1) is 63.8. The van der Waals surface area contributed by atoms with Gasteiger partial charge in [0.05, 0.1) is 34.1 Å². The first-order valence-electron chi connectivity index (χ1n) is 30.7. The quantitative estimate of drug-likeness (QED) is 0.0398. The normalized spacial score (nSPS) is 15.0. The number of carbonyl (C=O) groups is 3. The van der Waals surface area contributed by atoms with Crippen molar-refractivity contribution >= 4 is 122 Å². The Labute approximate surface area is 530 Å². The lowest BCUT2D eigenvalue weighted by Crippen LogP contribution is -2.46. The van der Waals surface area contributed by atoms with Gasteiger partial charge in [-0.25, -0.2) is 23.7 Å². The Morgan fingerprint density at radius 3 is 1.56 bits per heavy atom. The Morgan fingerprint density at radius 1 is 0.551 bits per heavy atom. The van der Waals surface area contributed by atoms with Crippen LogP contribution in [0.3, 0.4) is 0 Å². The summed E-state index contributed by atoms with van der Waals surface area (Å²) in [5.41, 5.74) is 34.4. The number of rotatable bonds is 18. The van der Waals surface area contributed by atoms with Gasteiger partial charge in [-0.1, -0.05) is 38.1 Å². The number of likely N-dealkylation sites (N-methyl/N-ethyl adjacent to an activating group) is 1. The summed E-state index contributed by atoms with van der Waals surface area (Å²) in [6.07, 6.45) is 7.87. The number of aryl methyl sites for hydroxylation is 3. The zero-order valence-electron chi connectivity index (χ0n) is 51.2. The van der Waals surface area contributed by atoms with E-state index >= 15 is 0 Å². The highest BCUT2D eigenvalue weighted by Gasteiger charge is 2.29. The minimum absolute atomic E-state index is 0.128. The number of pyridine rings is 3. The van der Waals surface area contributed by atoms with Gasteiger partial charge in [0.2, 0.25) is 0 Å². The Hall–Kier alpha value is -8.18. The summed E-state index contributed by atoms with van der Waals surface area (Å²) in [5, 5.41) is 14.6. The molecule has 3 saturated heterocycles. The van der Waals surface area contributed by atoms with Gasteiger partial charge in [0, 0.05) is 110 Å². The van der Waals surface area contributed by atoms with E-state index in [0.717, 1.165) is 108 Å². The van der Waals surface area contributed by atoms with Gasteiger partial charge < -0.3 is 58.9 Å². The van der Waals surface area contributed by atoms with Crippen molar-refractivity contribution in [1.82, 2.24) is 36.2 Å². The van der Waals surface area contributed by atoms with Crippen molar-refractivity contribution in [1.29, 1.82) is 0 Å². The van der Waals surface area contributed by atoms with Crippen molar-refractivity contribution < 1.29 is 23.2 Å². The van der Waals surface area contributed by atoms with Crippen molar-refractivity contribution in [2.45, 2.75) is 92.0 Å². The van der Waals surface area contributed by atoms with E-state index < -0.39 is 11.6 Å². The minimum Gasteiger partial charge on any atom is -0.397 e. The lowest BCUT2D eigenvalue weighted by molar-refractivity contribution is 0.0950. The fraction of sp³-hybridized carbons (Fsp3) is 0.373. The van der Waals surface area contributed by atoms with E-state index in [1.54, 1.807) is 6.07 Å². The molecule has 3 fully saturated rings. The monoisotopic (exact) mass is 1260 g/mol. The molecule has 9 aromatic rings. The van der Waals surface area contributed by atoms with Crippen molar-refractivity contribution in [2.24, 2.45) is 5.92 Å². The van der Waals surface area contributed by atoms with Crippen LogP contribution in [0.5, 0.6) is 0 Å². The summed E-state index contributed by atoms with van der Waals surface area (Å²) in [6.45, 7) is 18.2. The molecule has 0 bridgehead atoms. The number of halogens is 2. The molecule has 1 atom stereocenters. The first-order chi connectivity index (χ1) is 42.9. The minimum atomic E-state index is -0.457. The van der Waals surface area contributed by atoms with Gasteiger partial charge in [0.1, 0.15) is 40.8 Å². The van der Waals surface area contributed by atoms with E-state index in [9.17, 15) is 23.2 Å². The molecular weight excluding hydrogens is 1180 g/mol. The summed E-state index contributed by atoms with van der Waals surface area (Å²) in [6, 6.07) is 29.8. The molecule has 22 heteroatoms. The first-order valence-corrected chi connectivity index (χ1v) is 33.1. The van der Waals surface area contributed by atoms with Gasteiger partial charge in [0.25, 0.3) is 17.7 Å². The maximum Gasteiger partial charge on any atom is 0.263 e. The van der Waals surface area contributed by atoms with E-state index in [0.29, 0.717) is 72.9 Å². The molecule has 9 heterocycles. The molecule has 6 aromatic heterocycles. The lowest BCUT2D eigenvalue weighted by Gasteiger charge is -2.41. The highest BCUT2D eigenvalue weighted by Crippen LogP contribution is 2.37. The van der Waals surface area contributed by atoms with E-state index in [1.165, 1.54) is 94.3 Å². The van der Waals surface area contributed by atoms with E-state index in [4.69, 9.17) is 22.9 Å². The SMILES string of the molecule is CCC1CN(c2cc(F)c(CCNC(=O)c3sc4nc(C)ccc4c3N)cc2F)C1.CCN[C@@H]1CCN(c2ccc(CCNC(=O)c3sc4nc(C)ccc4c3N)cc2)C1.Cc1nc2sc(C(=O)NCCc3ccc(N4CCCCC4)cc3)c(N)c2cc1N. The van der Waals surface area contributed by atoms with E-state index in [2.05, 4.69) is 108 Å². The predicted octanol–water partition coefficient (Wildman–Crippen LogP) is 11.4. The van der Waals surface area contributed by atoms with E-state index in [1.807, 2.05) is 49.9 Å². The molecule has 0 unspecified atom stereocenters. The molecule has 3 aliphatic rings. The van der Waals surface area contributed by atoms with Crippen LogP contribution in [0.2, 0.25) is 0 Å². The van der Waals surface area contributed by atoms with Crippen LogP contribution in [-0.4, -0.2) is 104 Å². The smallest absolute Gasteiger partial charge is 0.263 e. The molecule has 0 aliphatic carbocycles. The number of nitrogens with two attached hydrogens (primary N) is 4. The molecule has 0 radical (unpaired) electrons. The fourth-order valence-electron chi connectivity index (χ4n) is 11.4. The average molecular weight is 1260 g/mol. The Kier molecular flexibility index (Phi) is 20.8. The molecule has 12 N–H and O–H groups in total. The van der Waals surface area contributed by atoms with Crippen LogP contribution in [-0.2, 0) is 19.3 Å². The lowest BCUT2D eigenvalue weighted by atomic mass is 9.96. The largest absolute Gasteiger partial charge is 0.397 e. The molecule has 3 aromatic carbocycles. The molecule has 3 aliphatic heterocycles. The molecule has 12 rings (SSSR count). The number of piperidine rings is 1. The molecule has 0 saturated carbocycles.